The molecule has 7 heteroatoms. The summed E-state index contributed by atoms with van der Waals surface area (Å²) >= 11 is 0.798. The molecule has 0 saturated heterocycles. The molecule has 19 heavy (non-hydrogen) atoms. The van der Waals surface area contributed by atoms with Crippen LogP contribution in [-0.4, -0.2) is 44.7 Å². The highest BCUT2D eigenvalue weighted by Crippen LogP contribution is 2.35. The Hall–Kier alpha value is -1.50. The van der Waals surface area contributed by atoms with E-state index in [1.54, 1.807) is 13.8 Å². The van der Waals surface area contributed by atoms with E-state index in [4.69, 9.17) is 14.9 Å². The van der Waals surface area contributed by atoms with Gasteiger partial charge in [-0.3, -0.25) is 14.4 Å². The maximum atomic E-state index is 11.9. The first-order valence-electron chi connectivity index (χ1n) is 5.67. The molecule has 0 heterocycles. The second-order valence-corrected chi connectivity index (χ2v) is 5.72. The van der Waals surface area contributed by atoms with Crippen molar-refractivity contribution in [2.75, 3.05) is 6.61 Å². The molecule has 2 N–H and O–H groups in total. The van der Waals surface area contributed by atoms with E-state index in [9.17, 15) is 14.4 Å². The summed E-state index contributed by atoms with van der Waals surface area (Å²) in [7, 11) is 0. The van der Waals surface area contributed by atoms with Crippen LogP contribution in [0.25, 0.3) is 0 Å². The number of carbonyl (C=O) groups excluding carboxylic acids is 1. The van der Waals surface area contributed by atoms with Crippen molar-refractivity contribution in [1.82, 2.24) is 0 Å². The fourth-order valence-corrected chi connectivity index (χ4v) is 2.49. The Morgan fingerprint density at radius 1 is 1.42 bits per heavy atom. The molecule has 0 aliphatic heterocycles. The van der Waals surface area contributed by atoms with Gasteiger partial charge in [-0.25, -0.2) is 0 Å². The molecule has 0 rings (SSSR count). The molecular formula is C12H18O6S. The number of carboxylic acids is 2. The summed E-state index contributed by atoms with van der Waals surface area (Å²) in [6.07, 6.45) is 1.19. The third kappa shape index (κ3) is 5.78. The summed E-state index contributed by atoms with van der Waals surface area (Å²) in [5.41, 5.74) is 0. The highest BCUT2D eigenvalue weighted by molar-refractivity contribution is 8.02. The smallest absolute Gasteiger partial charge is 0.322 e. The molecule has 0 aliphatic rings. The molecule has 0 amide bonds. The predicted molar refractivity (Wildman–Crippen MR) is 71.1 cm³/mol. The highest BCUT2D eigenvalue weighted by atomic mass is 32.2. The van der Waals surface area contributed by atoms with Gasteiger partial charge in [0, 0.05) is 0 Å². The van der Waals surface area contributed by atoms with Crippen molar-refractivity contribution >= 4 is 29.7 Å². The molecule has 6 nitrogen and oxygen atoms in total. The molecule has 0 bridgehead atoms. The van der Waals surface area contributed by atoms with Crippen molar-refractivity contribution in [3.63, 3.8) is 0 Å². The Balaban J connectivity index is 4.90. The number of carbonyl (C=O) groups is 3. The number of ether oxygens (including phenoxy) is 1. The summed E-state index contributed by atoms with van der Waals surface area (Å²) in [4.78, 5) is 33.5. The molecule has 2 unspecified atom stereocenters. The van der Waals surface area contributed by atoms with Crippen molar-refractivity contribution < 1.29 is 29.3 Å². The third-order valence-corrected chi connectivity index (χ3v) is 4.10. The normalized spacial score (nSPS) is 15.1. The van der Waals surface area contributed by atoms with Crippen LogP contribution in [0.15, 0.2) is 12.7 Å². The van der Waals surface area contributed by atoms with E-state index in [1.165, 1.54) is 6.08 Å². The minimum atomic E-state index is -1.26. The van der Waals surface area contributed by atoms with E-state index in [0.717, 1.165) is 11.8 Å². The highest BCUT2D eigenvalue weighted by Gasteiger charge is 2.39. The van der Waals surface area contributed by atoms with E-state index in [2.05, 4.69) is 6.58 Å². The lowest BCUT2D eigenvalue weighted by molar-refractivity contribution is -0.145. The molecule has 0 spiro atoms. The average molecular weight is 290 g/mol. The number of carboxylic acid groups (broad SMARTS) is 2. The van der Waals surface area contributed by atoms with E-state index in [-0.39, 0.29) is 6.61 Å². The van der Waals surface area contributed by atoms with Crippen LogP contribution >= 0.6 is 11.8 Å². The average Bonchev–Trinajstić information content (AvgIpc) is 2.34. The van der Waals surface area contributed by atoms with Crippen molar-refractivity contribution in [1.29, 1.82) is 0 Å². The maximum Gasteiger partial charge on any atom is 0.322 e. The monoisotopic (exact) mass is 290 g/mol. The van der Waals surface area contributed by atoms with Gasteiger partial charge in [0.1, 0.15) is 16.6 Å². The van der Waals surface area contributed by atoms with Crippen LogP contribution in [0.3, 0.4) is 0 Å². The minimum absolute atomic E-state index is 0.0334. The van der Waals surface area contributed by atoms with Crippen LogP contribution in [0.1, 0.15) is 26.7 Å². The Morgan fingerprint density at radius 2 is 2.00 bits per heavy atom. The van der Waals surface area contributed by atoms with E-state index < -0.39 is 34.3 Å². The fourth-order valence-electron chi connectivity index (χ4n) is 1.22. The number of hydrogen-bond acceptors (Lipinski definition) is 5. The van der Waals surface area contributed by atoms with E-state index >= 15 is 0 Å². The van der Waals surface area contributed by atoms with Gasteiger partial charge in [-0.1, -0.05) is 19.6 Å². The Kier molecular flexibility index (Phi) is 7.21. The van der Waals surface area contributed by atoms with Gasteiger partial charge in [-0.15, -0.1) is 11.8 Å². The van der Waals surface area contributed by atoms with Crippen molar-refractivity contribution in [2.24, 2.45) is 0 Å². The Labute approximate surface area is 115 Å². The number of aliphatic carboxylic acids is 2. The van der Waals surface area contributed by atoms with Gasteiger partial charge in [0.25, 0.3) is 0 Å². The molecule has 108 valence electrons. The first-order valence-corrected chi connectivity index (χ1v) is 6.55. The lowest BCUT2D eigenvalue weighted by atomic mass is 10.1. The summed E-state index contributed by atoms with van der Waals surface area (Å²) < 4.78 is 3.82. The molecular weight excluding hydrogens is 272 g/mol. The maximum absolute atomic E-state index is 11.9. The lowest BCUT2D eigenvalue weighted by Crippen LogP contribution is -2.37. The number of esters is 1. The molecule has 0 aliphatic carbocycles. The number of hydrogen-bond donors (Lipinski definition) is 2. The summed E-state index contributed by atoms with van der Waals surface area (Å²) in [5, 5.41) is 16.5. The first kappa shape index (κ1) is 17.5. The van der Waals surface area contributed by atoms with Crippen LogP contribution < -0.4 is 0 Å². The molecule has 0 fully saturated rings. The second kappa shape index (κ2) is 7.83. The minimum Gasteiger partial charge on any atom is -0.481 e. The van der Waals surface area contributed by atoms with Crippen molar-refractivity contribution in [2.45, 2.75) is 36.7 Å². The summed E-state index contributed by atoms with van der Waals surface area (Å²) in [5.74, 6) is -3.06. The second-order valence-electron chi connectivity index (χ2n) is 4.01. The van der Waals surface area contributed by atoms with Crippen LogP contribution in [0.5, 0.6) is 0 Å². The number of thioether (sulfide) groups is 1. The predicted octanol–water partition coefficient (Wildman–Crippen LogP) is 1.55. The molecule has 0 aromatic heterocycles. The van der Waals surface area contributed by atoms with E-state index in [0.29, 0.717) is 6.42 Å². The Bertz CT molecular complexity index is 367. The van der Waals surface area contributed by atoms with Crippen LogP contribution in [0, 0.1) is 0 Å². The topological polar surface area (TPSA) is 101 Å². The zero-order valence-corrected chi connectivity index (χ0v) is 11.7. The van der Waals surface area contributed by atoms with Crippen LogP contribution in [-0.2, 0) is 19.1 Å². The van der Waals surface area contributed by atoms with E-state index in [1.807, 2.05) is 0 Å². The number of rotatable bonds is 9. The quantitative estimate of drug-likeness (QED) is 0.490. The molecule has 0 radical (unpaired) electrons. The van der Waals surface area contributed by atoms with Gasteiger partial charge in [0.15, 0.2) is 0 Å². The van der Waals surface area contributed by atoms with Crippen LogP contribution in [0.4, 0.5) is 0 Å². The van der Waals surface area contributed by atoms with Crippen molar-refractivity contribution in [3.05, 3.63) is 12.7 Å². The van der Waals surface area contributed by atoms with Gasteiger partial charge in [-0.2, -0.15) is 0 Å². The van der Waals surface area contributed by atoms with Crippen LogP contribution in [0.2, 0.25) is 0 Å². The lowest BCUT2D eigenvalue weighted by Gasteiger charge is -2.27. The summed E-state index contributed by atoms with van der Waals surface area (Å²) in [6.45, 7) is 6.70. The Morgan fingerprint density at radius 3 is 2.37 bits per heavy atom. The SMILES string of the molecule is C=CCOC(=O)C(C)(CC)SC(CC(=O)O)C(=O)O. The largest absolute Gasteiger partial charge is 0.481 e. The molecule has 0 saturated carbocycles. The standard InChI is InChI=1S/C12H18O6S/c1-4-6-18-11(17)12(3,5-2)19-8(10(15)16)7-9(13)14/h4,8H,1,5-7H2,2-3H3,(H,13,14)(H,15,16). The fraction of sp³-hybridized carbons (Fsp3) is 0.583. The molecule has 0 aromatic carbocycles. The van der Waals surface area contributed by atoms with Gasteiger partial charge in [-0.05, 0) is 13.3 Å². The summed E-state index contributed by atoms with van der Waals surface area (Å²) in [6, 6.07) is 0. The molecule has 0 aromatic rings. The zero-order chi connectivity index (χ0) is 15.1. The van der Waals surface area contributed by atoms with Gasteiger partial charge >= 0.3 is 17.9 Å². The zero-order valence-electron chi connectivity index (χ0n) is 10.9. The van der Waals surface area contributed by atoms with Gasteiger partial charge in [0.2, 0.25) is 0 Å². The van der Waals surface area contributed by atoms with Crippen molar-refractivity contribution in [3.8, 4) is 0 Å². The van der Waals surface area contributed by atoms with Gasteiger partial charge in [0.05, 0.1) is 6.42 Å². The van der Waals surface area contributed by atoms with Gasteiger partial charge < -0.3 is 14.9 Å². The third-order valence-electron chi connectivity index (χ3n) is 2.48. The molecule has 2 atom stereocenters. The first-order chi connectivity index (χ1) is 8.76.